The Morgan fingerprint density at radius 2 is 1.65 bits per heavy atom. The number of likely N-dealkylation sites (N-methyl/N-ethyl adjacent to an activating group) is 1. The lowest BCUT2D eigenvalue weighted by Gasteiger charge is -2.36. The first-order valence-corrected chi connectivity index (χ1v) is 17.3. The summed E-state index contributed by atoms with van der Waals surface area (Å²) in [5.41, 5.74) is 2.38. The standard InChI is InChI=1S/C38H48N4O9/c1-24-19-42(25(2)22-43)36(44)31-17-29(39-38(47)40-30-13-15-33-34(18-30)50-23-49-33)12-14-32(31)51-26(3)7-5-6-16-48-35(24)21-41(4)20-27-8-10-28(11-9-27)37(45)46/h8-15,17-18,24-26,35,43H,5-7,16,19-23H2,1-4H3,(H,45,46)(H2,39,40,47)/t24-,25+,26+,35-/m1/s1. The summed E-state index contributed by atoms with van der Waals surface area (Å²) < 4.78 is 23.5. The summed E-state index contributed by atoms with van der Waals surface area (Å²) in [5.74, 6) is 0.108. The van der Waals surface area contributed by atoms with E-state index in [4.69, 9.17) is 18.9 Å². The van der Waals surface area contributed by atoms with Gasteiger partial charge in [-0.05, 0) is 88.2 Å². The summed E-state index contributed by atoms with van der Waals surface area (Å²) in [4.78, 5) is 42.5. The molecule has 274 valence electrons. The highest BCUT2D eigenvalue weighted by molar-refractivity contribution is 6.02. The van der Waals surface area contributed by atoms with E-state index in [9.17, 15) is 24.6 Å². The third-order valence-electron chi connectivity index (χ3n) is 9.08. The molecule has 3 aromatic rings. The highest BCUT2D eigenvalue weighted by Crippen LogP contribution is 2.34. The number of aliphatic hydroxyl groups is 1. The fraction of sp³-hybridized carbons (Fsp3) is 0.447. The van der Waals surface area contributed by atoms with Crippen LogP contribution in [0.5, 0.6) is 17.2 Å². The number of urea groups is 1. The van der Waals surface area contributed by atoms with Crippen molar-refractivity contribution in [3.63, 3.8) is 0 Å². The molecule has 5 rings (SSSR count). The molecule has 0 aromatic heterocycles. The number of ether oxygens (including phenoxy) is 4. The zero-order valence-corrected chi connectivity index (χ0v) is 29.6. The van der Waals surface area contributed by atoms with Crippen molar-refractivity contribution in [1.29, 1.82) is 0 Å². The van der Waals surface area contributed by atoms with Gasteiger partial charge in [0.05, 0.1) is 36.0 Å². The molecule has 51 heavy (non-hydrogen) atoms. The number of nitrogens with zero attached hydrogens (tertiary/aromatic N) is 2. The van der Waals surface area contributed by atoms with Gasteiger partial charge in [-0.1, -0.05) is 19.1 Å². The van der Waals surface area contributed by atoms with Crippen molar-refractivity contribution in [2.24, 2.45) is 5.92 Å². The molecular formula is C38H48N4O9. The number of fused-ring (bicyclic) bond motifs is 2. The number of anilines is 2. The number of hydrogen-bond donors (Lipinski definition) is 4. The Kier molecular flexibility index (Phi) is 12.8. The smallest absolute Gasteiger partial charge is 0.335 e. The van der Waals surface area contributed by atoms with Gasteiger partial charge in [0.25, 0.3) is 5.91 Å². The van der Waals surface area contributed by atoms with Crippen molar-refractivity contribution in [3.05, 3.63) is 77.4 Å². The number of nitrogens with one attached hydrogen (secondary N) is 2. The van der Waals surface area contributed by atoms with Crippen LogP contribution in [0.3, 0.4) is 0 Å². The van der Waals surface area contributed by atoms with E-state index in [1.54, 1.807) is 60.4 Å². The van der Waals surface area contributed by atoms with Gasteiger partial charge in [0.15, 0.2) is 11.5 Å². The first kappa shape index (κ1) is 37.4. The summed E-state index contributed by atoms with van der Waals surface area (Å²) >= 11 is 0. The maximum absolute atomic E-state index is 14.4. The lowest BCUT2D eigenvalue weighted by atomic mass is 10.0. The Balaban J connectivity index is 1.35. The van der Waals surface area contributed by atoms with Crippen molar-refractivity contribution < 1.29 is 43.5 Å². The Morgan fingerprint density at radius 3 is 2.35 bits per heavy atom. The normalized spacial score (nSPS) is 20.2. The van der Waals surface area contributed by atoms with Gasteiger partial charge >= 0.3 is 12.0 Å². The van der Waals surface area contributed by atoms with Crippen LogP contribution >= 0.6 is 0 Å². The molecule has 4 atom stereocenters. The van der Waals surface area contributed by atoms with Gasteiger partial charge in [0.2, 0.25) is 6.79 Å². The number of hydrogen-bond acceptors (Lipinski definition) is 9. The molecule has 0 radical (unpaired) electrons. The quantitative estimate of drug-likeness (QED) is 0.218. The summed E-state index contributed by atoms with van der Waals surface area (Å²) in [5, 5.41) is 25.1. The molecule has 13 nitrogen and oxygen atoms in total. The van der Waals surface area contributed by atoms with Crippen molar-refractivity contribution in [3.8, 4) is 17.2 Å². The first-order chi connectivity index (χ1) is 24.5. The van der Waals surface area contributed by atoms with Crippen LogP contribution in [0.15, 0.2) is 60.7 Å². The average Bonchev–Trinajstić information content (AvgIpc) is 3.57. The molecular weight excluding hydrogens is 656 g/mol. The highest BCUT2D eigenvalue weighted by atomic mass is 16.7. The van der Waals surface area contributed by atoms with Gasteiger partial charge in [-0.3, -0.25) is 9.69 Å². The van der Waals surface area contributed by atoms with Crippen LogP contribution in [0.2, 0.25) is 0 Å². The average molecular weight is 705 g/mol. The number of amides is 3. The second kappa shape index (κ2) is 17.4. The number of rotatable bonds is 9. The molecule has 0 saturated carbocycles. The van der Waals surface area contributed by atoms with E-state index in [-0.39, 0.29) is 48.6 Å². The zero-order chi connectivity index (χ0) is 36.5. The van der Waals surface area contributed by atoms with E-state index < -0.39 is 18.0 Å². The van der Waals surface area contributed by atoms with E-state index in [0.717, 1.165) is 24.8 Å². The van der Waals surface area contributed by atoms with Crippen LogP contribution in [0.4, 0.5) is 16.2 Å². The largest absolute Gasteiger partial charge is 0.490 e. The second-order valence-corrected chi connectivity index (χ2v) is 13.4. The maximum Gasteiger partial charge on any atom is 0.335 e. The molecule has 3 aromatic carbocycles. The van der Waals surface area contributed by atoms with Crippen LogP contribution in [-0.4, -0.2) is 96.3 Å². The molecule has 0 bridgehead atoms. The first-order valence-electron chi connectivity index (χ1n) is 17.3. The molecule has 0 saturated heterocycles. The Morgan fingerprint density at radius 1 is 0.961 bits per heavy atom. The molecule has 0 aliphatic carbocycles. The molecule has 2 aliphatic heterocycles. The number of aromatic carboxylic acids is 1. The van der Waals surface area contributed by atoms with Crippen molar-refractivity contribution in [2.45, 2.75) is 64.8 Å². The molecule has 3 amide bonds. The second-order valence-electron chi connectivity index (χ2n) is 13.4. The molecule has 4 N–H and O–H groups in total. The molecule has 13 heteroatoms. The molecule has 0 unspecified atom stereocenters. The van der Waals surface area contributed by atoms with Crippen molar-refractivity contribution in [1.82, 2.24) is 9.80 Å². The number of carbonyl (C=O) groups is 3. The third kappa shape index (κ3) is 10.1. The molecule has 0 fully saturated rings. The summed E-state index contributed by atoms with van der Waals surface area (Å²) in [6, 6.07) is 15.9. The fourth-order valence-corrected chi connectivity index (χ4v) is 6.17. The molecule has 2 heterocycles. The minimum Gasteiger partial charge on any atom is -0.490 e. The van der Waals surface area contributed by atoms with E-state index in [0.29, 0.717) is 54.9 Å². The summed E-state index contributed by atoms with van der Waals surface area (Å²) in [7, 11) is 1.98. The van der Waals surface area contributed by atoms with Gasteiger partial charge in [-0.2, -0.15) is 0 Å². The lowest BCUT2D eigenvalue weighted by Crippen LogP contribution is -2.47. The number of carboxylic acids is 1. The fourth-order valence-electron chi connectivity index (χ4n) is 6.17. The van der Waals surface area contributed by atoms with Crippen LogP contribution in [-0.2, 0) is 11.3 Å². The molecule has 0 spiro atoms. The monoisotopic (exact) mass is 704 g/mol. The Labute approximate surface area is 298 Å². The van der Waals surface area contributed by atoms with Gasteiger partial charge in [0.1, 0.15) is 5.75 Å². The predicted octanol–water partition coefficient (Wildman–Crippen LogP) is 5.69. The topological polar surface area (TPSA) is 159 Å². The van der Waals surface area contributed by atoms with Crippen LogP contribution in [0.25, 0.3) is 0 Å². The number of benzene rings is 3. The van der Waals surface area contributed by atoms with Gasteiger partial charge in [-0.15, -0.1) is 0 Å². The third-order valence-corrected chi connectivity index (χ3v) is 9.08. The number of aliphatic hydroxyl groups excluding tert-OH is 1. The zero-order valence-electron chi connectivity index (χ0n) is 29.6. The van der Waals surface area contributed by atoms with Crippen molar-refractivity contribution >= 4 is 29.3 Å². The Bertz CT molecular complexity index is 1670. The number of carbonyl (C=O) groups excluding carboxylic acids is 2. The summed E-state index contributed by atoms with van der Waals surface area (Å²) in [6.07, 6.45) is 2.02. The lowest BCUT2D eigenvalue weighted by molar-refractivity contribution is -0.0177. The van der Waals surface area contributed by atoms with Crippen LogP contribution < -0.4 is 24.8 Å². The highest BCUT2D eigenvalue weighted by Gasteiger charge is 2.30. The SMILES string of the molecule is C[C@@H]1CN([C@@H](C)CO)C(=O)c2cc(NC(=O)Nc3ccc4c(c3)OCO4)ccc2O[C@@H](C)CCCCO[C@@H]1CN(C)Cc1ccc(C(=O)O)cc1. The Hall–Kier alpha value is -4.85. The van der Waals surface area contributed by atoms with E-state index in [2.05, 4.69) is 15.5 Å². The van der Waals surface area contributed by atoms with Crippen LogP contribution in [0.1, 0.15) is 66.3 Å². The maximum atomic E-state index is 14.4. The summed E-state index contributed by atoms with van der Waals surface area (Å²) in [6.45, 7) is 7.66. The van der Waals surface area contributed by atoms with Gasteiger partial charge < -0.3 is 44.7 Å². The molecule has 2 aliphatic rings. The predicted molar refractivity (Wildman–Crippen MR) is 192 cm³/mol. The minimum atomic E-state index is -0.966. The number of carboxylic acid groups (broad SMARTS) is 1. The van der Waals surface area contributed by atoms with Gasteiger partial charge in [0, 0.05) is 49.6 Å². The van der Waals surface area contributed by atoms with Crippen LogP contribution in [0, 0.1) is 5.92 Å². The van der Waals surface area contributed by atoms with E-state index >= 15 is 0 Å². The van der Waals surface area contributed by atoms with Gasteiger partial charge in [-0.25, -0.2) is 9.59 Å². The van der Waals surface area contributed by atoms with E-state index in [1.165, 1.54) is 0 Å². The van der Waals surface area contributed by atoms with E-state index in [1.807, 2.05) is 33.0 Å². The van der Waals surface area contributed by atoms with Crippen molar-refractivity contribution in [2.75, 3.05) is 50.8 Å². The minimum absolute atomic E-state index is 0.122.